The molecule has 0 fully saturated rings. The Morgan fingerprint density at radius 1 is 0.938 bits per heavy atom. The summed E-state index contributed by atoms with van der Waals surface area (Å²) in [6, 6.07) is 7.21. The number of sulfonamides is 1. The third kappa shape index (κ3) is 4.07. The van der Waals surface area contributed by atoms with Crippen LogP contribution in [0, 0.1) is 0 Å². The van der Waals surface area contributed by atoms with E-state index in [1.807, 2.05) is 0 Å². The number of halogens is 8. The summed E-state index contributed by atoms with van der Waals surface area (Å²) in [7, 11) is -4.91. The summed E-state index contributed by atoms with van der Waals surface area (Å²) < 4.78 is 121. The van der Waals surface area contributed by atoms with E-state index in [1.165, 1.54) is 24.3 Å². The van der Waals surface area contributed by atoms with Crippen molar-refractivity contribution in [1.82, 2.24) is 9.78 Å². The molecule has 1 heterocycles. The predicted molar refractivity (Wildman–Crippen MR) is 100 cm³/mol. The molecule has 0 atom stereocenters. The summed E-state index contributed by atoms with van der Waals surface area (Å²) in [5.74, 6) is -12.5. The van der Waals surface area contributed by atoms with E-state index in [0.717, 1.165) is 24.5 Å². The summed E-state index contributed by atoms with van der Waals surface area (Å²) in [5, 5.41) is 8.81. The van der Waals surface area contributed by atoms with Gasteiger partial charge in [0.15, 0.2) is 0 Å². The molecule has 0 aliphatic carbocycles. The Labute approximate surface area is 181 Å². The summed E-state index contributed by atoms with van der Waals surface area (Å²) in [5.41, 5.74) is -3.61. The minimum atomic E-state index is -6.66. The maximum Gasteiger partial charge on any atom is 0.460 e. The molecule has 0 bridgehead atoms. The molecule has 0 aliphatic heterocycles. The fourth-order valence-corrected chi connectivity index (χ4v) is 3.75. The average Bonchev–Trinajstić information content (AvgIpc) is 3.20. The zero-order valence-corrected chi connectivity index (χ0v) is 17.0. The molecule has 0 saturated heterocycles. The van der Waals surface area contributed by atoms with E-state index in [-0.39, 0.29) is 10.6 Å². The SMILES string of the molecule is NS(=O)(=O)c1cc(-c2ccc(Cl)cc2)cc(C(F)(F)C(F)(F)C(F)(F)F)c1-n1cccn1. The quantitative estimate of drug-likeness (QED) is 0.492. The second kappa shape index (κ2) is 7.74. The molecule has 0 radical (unpaired) electrons. The van der Waals surface area contributed by atoms with Crippen LogP contribution >= 0.6 is 11.6 Å². The number of aromatic nitrogens is 2. The van der Waals surface area contributed by atoms with Crippen LogP contribution in [0.5, 0.6) is 0 Å². The van der Waals surface area contributed by atoms with Gasteiger partial charge in [0.1, 0.15) is 4.90 Å². The maximum absolute atomic E-state index is 14.8. The lowest BCUT2D eigenvalue weighted by Gasteiger charge is -2.30. The lowest BCUT2D eigenvalue weighted by atomic mass is 9.95. The number of primary sulfonamides is 1. The molecule has 3 aromatic rings. The minimum absolute atomic E-state index is 0.00121. The van der Waals surface area contributed by atoms with Gasteiger partial charge in [0, 0.05) is 17.4 Å². The van der Waals surface area contributed by atoms with Crippen molar-refractivity contribution in [2.45, 2.75) is 22.9 Å². The van der Waals surface area contributed by atoms with Gasteiger partial charge in [0.25, 0.3) is 0 Å². The van der Waals surface area contributed by atoms with Crippen LogP contribution in [-0.4, -0.2) is 30.3 Å². The highest BCUT2D eigenvalue weighted by Crippen LogP contribution is 2.54. The van der Waals surface area contributed by atoms with Gasteiger partial charge < -0.3 is 0 Å². The van der Waals surface area contributed by atoms with Gasteiger partial charge in [-0.1, -0.05) is 23.7 Å². The van der Waals surface area contributed by atoms with Gasteiger partial charge in [-0.15, -0.1) is 0 Å². The summed E-state index contributed by atoms with van der Waals surface area (Å²) in [6.45, 7) is 0. The minimum Gasteiger partial charge on any atom is -0.239 e. The number of nitrogens with zero attached hydrogens (tertiary/aromatic N) is 2. The Bertz CT molecular complexity index is 1240. The van der Waals surface area contributed by atoms with Gasteiger partial charge in [-0.2, -0.15) is 35.8 Å². The maximum atomic E-state index is 14.8. The first-order valence-corrected chi connectivity index (χ1v) is 10.3. The molecule has 2 aromatic carbocycles. The molecule has 1 aromatic heterocycles. The first-order valence-electron chi connectivity index (χ1n) is 8.37. The Balaban J connectivity index is 2.48. The van der Waals surface area contributed by atoms with Crippen LogP contribution < -0.4 is 5.14 Å². The van der Waals surface area contributed by atoms with Crippen molar-refractivity contribution >= 4 is 21.6 Å². The second-order valence-corrected chi connectivity index (χ2v) is 8.49. The molecule has 172 valence electrons. The lowest BCUT2D eigenvalue weighted by molar-refractivity contribution is -0.359. The topological polar surface area (TPSA) is 78.0 Å². The van der Waals surface area contributed by atoms with Crippen molar-refractivity contribution in [1.29, 1.82) is 0 Å². The second-order valence-electron chi connectivity index (χ2n) is 6.52. The lowest BCUT2D eigenvalue weighted by Crippen LogP contribution is -2.50. The van der Waals surface area contributed by atoms with Gasteiger partial charge in [0.05, 0.1) is 11.3 Å². The number of benzene rings is 2. The standard InChI is InChI=1S/C18H11ClF7N3O2S/c19-12-4-2-10(3-5-12)11-8-13(16(20,21)17(22,23)18(24,25)26)15(29-7-1-6-28-29)14(9-11)32(27,30)31/h1-9H,(H2,27,30,31). The van der Waals surface area contributed by atoms with Crippen LogP contribution in [0.1, 0.15) is 5.56 Å². The van der Waals surface area contributed by atoms with Crippen LogP contribution in [0.2, 0.25) is 5.02 Å². The highest BCUT2D eigenvalue weighted by molar-refractivity contribution is 7.89. The van der Waals surface area contributed by atoms with Crippen LogP contribution in [0.25, 0.3) is 16.8 Å². The Kier molecular flexibility index (Phi) is 5.81. The molecule has 3 rings (SSSR count). The molecule has 0 unspecified atom stereocenters. The molecule has 0 amide bonds. The van der Waals surface area contributed by atoms with E-state index in [0.29, 0.717) is 10.7 Å². The van der Waals surface area contributed by atoms with Gasteiger partial charge >= 0.3 is 18.0 Å². The van der Waals surface area contributed by atoms with Gasteiger partial charge in [-0.05, 0) is 41.5 Å². The molecule has 14 heteroatoms. The number of hydrogen-bond donors (Lipinski definition) is 1. The molecule has 32 heavy (non-hydrogen) atoms. The van der Waals surface area contributed by atoms with E-state index < -0.39 is 49.8 Å². The van der Waals surface area contributed by atoms with Crippen molar-refractivity contribution in [3.8, 4) is 16.8 Å². The molecule has 2 N–H and O–H groups in total. The normalized spacial score (nSPS) is 13.4. The molecule has 0 spiro atoms. The van der Waals surface area contributed by atoms with E-state index in [4.69, 9.17) is 16.7 Å². The summed E-state index contributed by atoms with van der Waals surface area (Å²) >= 11 is 5.74. The Morgan fingerprint density at radius 3 is 2.00 bits per heavy atom. The first kappa shape index (κ1) is 24.0. The zero-order chi connectivity index (χ0) is 24.1. The van der Waals surface area contributed by atoms with Crippen LogP contribution in [0.15, 0.2) is 59.8 Å². The molecular formula is C18H11ClF7N3O2S. The van der Waals surface area contributed by atoms with Gasteiger partial charge in [-0.25, -0.2) is 18.2 Å². The molecule has 0 saturated carbocycles. The monoisotopic (exact) mass is 501 g/mol. The number of alkyl halides is 7. The fraction of sp³-hybridized carbons (Fsp3) is 0.167. The van der Waals surface area contributed by atoms with Gasteiger partial charge in [0.2, 0.25) is 10.0 Å². The van der Waals surface area contributed by atoms with Gasteiger partial charge in [-0.3, -0.25) is 0 Å². The summed E-state index contributed by atoms with van der Waals surface area (Å²) in [4.78, 5) is -1.14. The highest BCUT2D eigenvalue weighted by Gasteiger charge is 2.74. The van der Waals surface area contributed by atoms with Crippen molar-refractivity contribution < 1.29 is 39.2 Å². The van der Waals surface area contributed by atoms with Crippen molar-refractivity contribution in [3.63, 3.8) is 0 Å². The van der Waals surface area contributed by atoms with Crippen molar-refractivity contribution in [2.75, 3.05) is 0 Å². The molecule has 5 nitrogen and oxygen atoms in total. The highest BCUT2D eigenvalue weighted by atomic mass is 35.5. The molecule has 0 aliphatic rings. The third-order valence-corrected chi connectivity index (χ3v) is 5.56. The van der Waals surface area contributed by atoms with E-state index in [9.17, 15) is 39.2 Å². The fourth-order valence-electron chi connectivity index (χ4n) is 2.86. The van der Waals surface area contributed by atoms with Crippen LogP contribution in [0.3, 0.4) is 0 Å². The smallest absolute Gasteiger partial charge is 0.239 e. The zero-order valence-electron chi connectivity index (χ0n) is 15.4. The van der Waals surface area contributed by atoms with E-state index in [1.54, 1.807) is 0 Å². The molecular weight excluding hydrogens is 491 g/mol. The number of hydrogen-bond acceptors (Lipinski definition) is 3. The van der Waals surface area contributed by atoms with Crippen molar-refractivity contribution in [2.24, 2.45) is 5.14 Å². The first-order chi connectivity index (χ1) is 14.6. The third-order valence-electron chi connectivity index (χ3n) is 4.38. The Morgan fingerprint density at radius 2 is 1.53 bits per heavy atom. The Hall–Kier alpha value is -2.64. The van der Waals surface area contributed by atoms with Crippen LogP contribution in [0.4, 0.5) is 30.7 Å². The largest absolute Gasteiger partial charge is 0.460 e. The average molecular weight is 502 g/mol. The van der Waals surface area contributed by atoms with Crippen LogP contribution in [-0.2, 0) is 15.9 Å². The summed E-state index contributed by atoms with van der Waals surface area (Å²) in [6.07, 6.45) is -4.79. The van der Waals surface area contributed by atoms with Crippen molar-refractivity contribution in [3.05, 3.63) is 65.4 Å². The number of nitrogens with two attached hydrogens (primary N) is 1. The predicted octanol–water partition coefficient (Wildman–Crippen LogP) is 5.13. The van der Waals surface area contributed by atoms with E-state index in [2.05, 4.69) is 5.10 Å². The number of rotatable bonds is 5. The van der Waals surface area contributed by atoms with E-state index >= 15 is 0 Å².